The molecular weight excluding hydrogens is 168 g/mol. The number of hydrogen-bond acceptors (Lipinski definition) is 3. The van der Waals surface area contributed by atoms with Crippen molar-refractivity contribution in [2.75, 3.05) is 7.11 Å². The normalized spacial score (nSPS) is 12.2. The van der Waals surface area contributed by atoms with Crippen molar-refractivity contribution in [1.29, 1.82) is 0 Å². The van der Waals surface area contributed by atoms with Gasteiger partial charge in [0.05, 0.1) is 7.11 Å². The molecule has 0 heterocycles. The number of aliphatic hydroxyl groups excluding tert-OH is 1. The van der Waals surface area contributed by atoms with E-state index in [1.54, 1.807) is 24.3 Å². The Balaban J connectivity index is 2.95. The molecule has 70 valence electrons. The standard InChI is InChI=1S/C10H12O3/c1-7(11)10(12)8-4-3-5-9(6-8)13-2/h3-7,11H,1-2H3. The van der Waals surface area contributed by atoms with Crippen LogP contribution in [0.5, 0.6) is 5.75 Å². The molecule has 1 unspecified atom stereocenters. The number of ketones is 1. The molecule has 13 heavy (non-hydrogen) atoms. The summed E-state index contributed by atoms with van der Waals surface area (Å²) in [7, 11) is 1.53. The minimum atomic E-state index is -0.966. The van der Waals surface area contributed by atoms with Crippen LogP contribution < -0.4 is 4.74 Å². The van der Waals surface area contributed by atoms with Crippen molar-refractivity contribution in [2.24, 2.45) is 0 Å². The molecule has 0 bridgehead atoms. The van der Waals surface area contributed by atoms with Crippen molar-refractivity contribution in [2.45, 2.75) is 13.0 Å². The third-order valence-corrected chi connectivity index (χ3v) is 1.73. The second kappa shape index (κ2) is 4.05. The Morgan fingerprint density at radius 2 is 2.23 bits per heavy atom. The molecular formula is C10H12O3. The maximum atomic E-state index is 11.3. The third kappa shape index (κ3) is 2.29. The minimum absolute atomic E-state index is 0.293. The summed E-state index contributed by atoms with van der Waals surface area (Å²) in [5.74, 6) is 0.324. The fourth-order valence-electron chi connectivity index (χ4n) is 1.02. The van der Waals surface area contributed by atoms with E-state index in [1.807, 2.05) is 0 Å². The van der Waals surface area contributed by atoms with Gasteiger partial charge in [0, 0.05) is 5.56 Å². The summed E-state index contributed by atoms with van der Waals surface area (Å²) in [6, 6.07) is 6.72. The smallest absolute Gasteiger partial charge is 0.191 e. The number of benzene rings is 1. The molecule has 0 saturated carbocycles. The summed E-state index contributed by atoms with van der Waals surface area (Å²) in [5, 5.41) is 9.05. The Kier molecular flexibility index (Phi) is 3.03. The lowest BCUT2D eigenvalue weighted by Gasteiger charge is -2.05. The topological polar surface area (TPSA) is 46.5 Å². The van der Waals surface area contributed by atoms with E-state index in [0.29, 0.717) is 11.3 Å². The Hall–Kier alpha value is -1.35. The lowest BCUT2D eigenvalue weighted by Crippen LogP contribution is -2.15. The fraction of sp³-hybridized carbons (Fsp3) is 0.300. The number of ether oxygens (including phenoxy) is 1. The molecule has 0 aliphatic carbocycles. The van der Waals surface area contributed by atoms with E-state index in [0.717, 1.165) is 0 Å². The van der Waals surface area contributed by atoms with Crippen LogP contribution in [0.1, 0.15) is 17.3 Å². The molecule has 1 rings (SSSR count). The lowest BCUT2D eigenvalue weighted by molar-refractivity contribution is 0.0779. The van der Waals surface area contributed by atoms with Gasteiger partial charge in [0.2, 0.25) is 0 Å². The van der Waals surface area contributed by atoms with Gasteiger partial charge in [-0.1, -0.05) is 12.1 Å². The highest BCUT2D eigenvalue weighted by molar-refractivity contribution is 5.99. The molecule has 1 N–H and O–H groups in total. The summed E-state index contributed by atoms with van der Waals surface area (Å²) in [4.78, 5) is 11.3. The molecule has 1 aromatic rings. The van der Waals surface area contributed by atoms with E-state index in [4.69, 9.17) is 9.84 Å². The van der Waals surface area contributed by atoms with Gasteiger partial charge in [0.15, 0.2) is 5.78 Å². The summed E-state index contributed by atoms with van der Waals surface area (Å²) in [6.45, 7) is 1.45. The van der Waals surface area contributed by atoms with Gasteiger partial charge < -0.3 is 9.84 Å². The van der Waals surface area contributed by atoms with E-state index in [-0.39, 0.29) is 5.78 Å². The Morgan fingerprint density at radius 1 is 1.54 bits per heavy atom. The zero-order valence-electron chi connectivity index (χ0n) is 7.65. The number of aliphatic hydroxyl groups is 1. The average Bonchev–Trinajstić information content (AvgIpc) is 2.16. The molecule has 0 spiro atoms. The number of carbonyl (C=O) groups is 1. The zero-order chi connectivity index (χ0) is 9.84. The van der Waals surface area contributed by atoms with Gasteiger partial charge in [-0.05, 0) is 19.1 Å². The van der Waals surface area contributed by atoms with Crippen LogP contribution in [-0.2, 0) is 0 Å². The predicted molar refractivity (Wildman–Crippen MR) is 49.0 cm³/mol. The second-order valence-electron chi connectivity index (χ2n) is 2.77. The SMILES string of the molecule is COc1cccc(C(=O)C(C)O)c1. The van der Waals surface area contributed by atoms with Gasteiger partial charge in [-0.25, -0.2) is 0 Å². The van der Waals surface area contributed by atoms with Crippen LogP contribution in [0.25, 0.3) is 0 Å². The summed E-state index contributed by atoms with van der Waals surface area (Å²) in [5.41, 5.74) is 0.467. The largest absolute Gasteiger partial charge is 0.497 e. The maximum Gasteiger partial charge on any atom is 0.191 e. The van der Waals surface area contributed by atoms with Crippen LogP contribution in [0.15, 0.2) is 24.3 Å². The van der Waals surface area contributed by atoms with E-state index in [9.17, 15) is 4.79 Å². The zero-order valence-corrected chi connectivity index (χ0v) is 7.65. The second-order valence-corrected chi connectivity index (χ2v) is 2.77. The van der Waals surface area contributed by atoms with Gasteiger partial charge in [0.1, 0.15) is 11.9 Å². The van der Waals surface area contributed by atoms with Gasteiger partial charge in [0.25, 0.3) is 0 Å². The highest BCUT2D eigenvalue weighted by atomic mass is 16.5. The van der Waals surface area contributed by atoms with Crippen molar-refractivity contribution < 1.29 is 14.6 Å². The molecule has 0 aliphatic rings. The van der Waals surface area contributed by atoms with E-state index < -0.39 is 6.10 Å². The van der Waals surface area contributed by atoms with Crippen molar-refractivity contribution >= 4 is 5.78 Å². The lowest BCUT2D eigenvalue weighted by atomic mass is 10.1. The first-order chi connectivity index (χ1) is 6.15. The van der Waals surface area contributed by atoms with Crippen LogP contribution in [0.4, 0.5) is 0 Å². The maximum absolute atomic E-state index is 11.3. The molecule has 0 aliphatic heterocycles. The van der Waals surface area contributed by atoms with Gasteiger partial charge in [-0.15, -0.1) is 0 Å². The molecule has 3 heteroatoms. The first-order valence-electron chi connectivity index (χ1n) is 4.01. The molecule has 0 fully saturated rings. The van der Waals surface area contributed by atoms with Crippen molar-refractivity contribution in [3.8, 4) is 5.75 Å². The number of Topliss-reactive ketones (excluding diaryl/α,β-unsaturated/α-hetero) is 1. The number of methoxy groups -OCH3 is 1. The molecule has 1 atom stereocenters. The van der Waals surface area contributed by atoms with Crippen LogP contribution in [0, 0.1) is 0 Å². The summed E-state index contributed by atoms with van der Waals surface area (Å²) < 4.78 is 4.95. The molecule has 0 amide bonds. The van der Waals surface area contributed by atoms with Gasteiger partial charge >= 0.3 is 0 Å². The minimum Gasteiger partial charge on any atom is -0.497 e. The van der Waals surface area contributed by atoms with Crippen LogP contribution in [0.2, 0.25) is 0 Å². The van der Waals surface area contributed by atoms with Crippen molar-refractivity contribution in [3.63, 3.8) is 0 Å². The first-order valence-corrected chi connectivity index (χ1v) is 4.01. The Labute approximate surface area is 77.0 Å². The van der Waals surface area contributed by atoms with Crippen molar-refractivity contribution in [3.05, 3.63) is 29.8 Å². The van der Waals surface area contributed by atoms with Crippen LogP contribution >= 0.6 is 0 Å². The third-order valence-electron chi connectivity index (χ3n) is 1.73. The highest BCUT2D eigenvalue weighted by Crippen LogP contribution is 2.13. The van der Waals surface area contributed by atoms with E-state index in [1.165, 1.54) is 14.0 Å². The summed E-state index contributed by atoms with van der Waals surface area (Å²) in [6.07, 6.45) is -0.966. The monoisotopic (exact) mass is 180 g/mol. The van der Waals surface area contributed by atoms with Crippen molar-refractivity contribution in [1.82, 2.24) is 0 Å². The van der Waals surface area contributed by atoms with Crippen LogP contribution in [-0.4, -0.2) is 24.1 Å². The molecule has 0 aromatic heterocycles. The van der Waals surface area contributed by atoms with E-state index in [2.05, 4.69) is 0 Å². The fourth-order valence-corrected chi connectivity index (χ4v) is 1.02. The highest BCUT2D eigenvalue weighted by Gasteiger charge is 2.11. The van der Waals surface area contributed by atoms with Gasteiger partial charge in [-0.2, -0.15) is 0 Å². The quantitative estimate of drug-likeness (QED) is 0.712. The number of rotatable bonds is 3. The molecule has 1 aromatic carbocycles. The molecule has 3 nitrogen and oxygen atoms in total. The number of carbonyl (C=O) groups excluding carboxylic acids is 1. The first kappa shape index (κ1) is 9.74. The molecule has 0 radical (unpaired) electrons. The van der Waals surface area contributed by atoms with Crippen LogP contribution in [0.3, 0.4) is 0 Å². The summed E-state index contributed by atoms with van der Waals surface area (Å²) >= 11 is 0. The Morgan fingerprint density at radius 3 is 2.77 bits per heavy atom. The molecule has 0 saturated heterocycles. The number of hydrogen-bond donors (Lipinski definition) is 1. The van der Waals surface area contributed by atoms with Gasteiger partial charge in [-0.3, -0.25) is 4.79 Å². The average molecular weight is 180 g/mol. The predicted octanol–water partition coefficient (Wildman–Crippen LogP) is 1.26. The van der Waals surface area contributed by atoms with E-state index >= 15 is 0 Å². The Bertz CT molecular complexity index is 305.